The molecule has 1 aromatic heterocycles. The predicted molar refractivity (Wildman–Crippen MR) is 90.2 cm³/mol. The van der Waals surface area contributed by atoms with Gasteiger partial charge in [0.15, 0.2) is 0 Å². The van der Waals surface area contributed by atoms with E-state index in [0.29, 0.717) is 12.5 Å². The summed E-state index contributed by atoms with van der Waals surface area (Å²) < 4.78 is 7.94. The summed E-state index contributed by atoms with van der Waals surface area (Å²) in [5.41, 5.74) is 8.36. The van der Waals surface area contributed by atoms with Crippen molar-refractivity contribution in [2.24, 2.45) is 17.6 Å². The average molecular weight is 332 g/mol. The van der Waals surface area contributed by atoms with Gasteiger partial charge in [-0.25, -0.2) is 0 Å². The maximum Gasteiger partial charge on any atom is 0.223 e. The molecule has 6 nitrogen and oxygen atoms in total. The van der Waals surface area contributed by atoms with Crippen molar-refractivity contribution in [3.8, 4) is 0 Å². The number of piperidine rings is 1. The quantitative estimate of drug-likeness (QED) is 0.883. The van der Waals surface area contributed by atoms with Crippen LogP contribution in [0.4, 0.5) is 0 Å². The Balaban J connectivity index is 1.27. The number of hydrogen-bond donors (Lipinski definition) is 1. The summed E-state index contributed by atoms with van der Waals surface area (Å²) in [6.07, 6.45) is 8.70. The van der Waals surface area contributed by atoms with Crippen molar-refractivity contribution in [1.29, 1.82) is 0 Å². The van der Waals surface area contributed by atoms with E-state index in [1.165, 1.54) is 36.9 Å². The van der Waals surface area contributed by atoms with Crippen molar-refractivity contribution in [3.63, 3.8) is 0 Å². The largest absolute Gasteiger partial charge is 0.377 e. The molecule has 2 fully saturated rings. The van der Waals surface area contributed by atoms with Crippen LogP contribution in [-0.4, -0.2) is 46.4 Å². The number of nitrogens with zero attached hydrogens (tertiary/aromatic N) is 3. The van der Waals surface area contributed by atoms with Gasteiger partial charge < -0.3 is 10.5 Å². The van der Waals surface area contributed by atoms with Gasteiger partial charge in [-0.2, -0.15) is 5.10 Å². The topological polar surface area (TPSA) is 73.4 Å². The SMILES string of the molecule is NC(=O)[C@@H]1CCO[C@@H]1CC1CCN(Cc2cnn3c2CCC3)CC1. The van der Waals surface area contributed by atoms with E-state index in [9.17, 15) is 4.79 Å². The number of fused-ring (bicyclic) bond motifs is 1. The Labute approximate surface area is 143 Å². The fourth-order valence-corrected chi connectivity index (χ4v) is 4.62. The standard InChI is InChI=1S/C18H28N4O2/c19-18(23)15-5-9-24-17(15)10-13-3-7-21(8-4-13)12-14-11-20-22-6-1-2-16(14)22/h11,13,15,17H,1-10,12H2,(H2,19,23)/t15-,17-/m1/s1. The molecule has 2 N–H and O–H groups in total. The summed E-state index contributed by atoms with van der Waals surface area (Å²) in [7, 11) is 0. The highest BCUT2D eigenvalue weighted by molar-refractivity contribution is 5.77. The van der Waals surface area contributed by atoms with Gasteiger partial charge in [-0.15, -0.1) is 0 Å². The molecule has 3 aliphatic heterocycles. The van der Waals surface area contributed by atoms with Crippen molar-refractivity contribution in [3.05, 3.63) is 17.5 Å². The van der Waals surface area contributed by atoms with Crippen molar-refractivity contribution >= 4 is 5.91 Å². The molecule has 0 unspecified atom stereocenters. The zero-order valence-electron chi connectivity index (χ0n) is 14.3. The Hall–Kier alpha value is -1.40. The molecule has 0 aromatic carbocycles. The molecule has 1 amide bonds. The first-order valence-corrected chi connectivity index (χ1v) is 9.37. The predicted octanol–water partition coefficient (Wildman–Crippen LogP) is 1.32. The highest BCUT2D eigenvalue weighted by Crippen LogP contribution is 2.31. The third-order valence-electron chi connectivity index (χ3n) is 6.06. The lowest BCUT2D eigenvalue weighted by Gasteiger charge is -2.33. The Morgan fingerprint density at radius 3 is 2.92 bits per heavy atom. The van der Waals surface area contributed by atoms with Crippen LogP contribution in [0, 0.1) is 11.8 Å². The molecule has 0 spiro atoms. The lowest BCUT2D eigenvalue weighted by atomic mass is 9.86. The molecule has 0 bridgehead atoms. The fourth-order valence-electron chi connectivity index (χ4n) is 4.62. The monoisotopic (exact) mass is 332 g/mol. The van der Waals surface area contributed by atoms with E-state index in [2.05, 4.69) is 20.9 Å². The molecule has 24 heavy (non-hydrogen) atoms. The second kappa shape index (κ2) is 6.84. The first kappa shape index (κ1) is 16.1. The lowest BCUT2D eigenvalue weighted by Crippen LogP contribution is -2.36. The summed E-state index contributed by atoms with van der Waals surface area (Å²) in [6, 6.07) is 0. The fraction of sp³-hybridized carbons (Fsp3) is 0.778. The van der Waals surface area contributed by atoms with Crippen LogP contribution in [0.3, 0.4) is 0 Å². The Morgan fingerprint density at radius 1 is 1.29 bits per heavy atom. The normalized spacial score (nSPS) is 28.3. The zero-order valence-corrected chi connectivity index (χ0v) is 14.3. The minimum Gasteiger partial charge on any atom is -0.377 e. The Kier molecular flexibility index (Phi) is 4.59. The number of carbonyl (C=O) groups excluding carboxylic acids is 1. The molecule has 0 radical (unpaired) electrons. The second-order valence-corrected chi connectivity index (χ2v) is 7.61. The summed E-state index contributed by atoms with van der Waals surface area (Å²) in [5, 5.41) is 4.50. The number of rotatable bonds is 5. The molecule has 4 heterocycles. The molecule has 3 aliphatic rings. The van der Waals surface area contributed by atoms with Gasteiger partial charge in [0.1, 0.15) is 0 Å². The van der Waals surface area contributed by atoms with E-state index in [1.807, 2.05) is 0 Å². The van der Waals surface area contributed by atoms with E-state index in [-0.39, 0.29) is 17.9 Å². The summed E-state index contributed by atoms with van der Waals surface area (Å²) in [4.78, 5) is 14.1. The number of carbonyl (C=O) groups is 1. The van der Waals surface area contributed by atoms with Crippen LogP contribution in [0.25, 0.3) is 0 Å². The molecular formula is C18H28N4O2. The van der Waals surface area contributed by atoms with E-state index < -0.39 is 0 Å². The highest BCUT2D eigenvalue weighted by atomic mass is 16.5. The van der Waals surface area contributed by atoms with Crippen molar-refractivity contribution in [2.75, 3.05) is 19.7 Å². The van der Waals surface area contributed by atoms with E-state index in [4.69, 9.17) is 10.5 Å². The minimum absolute atomic E-state index is 0.0537. The molecular weight excluding hydrogens is 304 g/mol. The summed E-state index contributed by atoms with van der Waals surface area (Å²) >= 11 is 0. The van der Waals surface area contributed by atoms with Gasteiger partial charge in [0.2, 0.25) is 5.91 Å². The van der Waals surface area contributed by atoms with Crippen LogP contribution in [0.2, 0.25) is 0 Å². The number of amides is 1. The van der Waals surface area contributed by atoms with Crippen LogP contribution in [-0.2, 0) is 29.0 Å². The summed E-state index contributed by atoms with van der Waals surface area (Å²) in [5.74, 6) is 0.395. The smallest absolute Gasteiger partial charge is 0.223 e. The lowest BCUT2D eigenvalue weighted by molar-refractivity contribution is -0.123. The highest BCUT2D eigenvalue weighted by Gasteiger charge is 2.35. The molecule has 0 saturated carbocycles. The van der Waals surface area contributed by atoms with Gasteiger partial charge in [-0.3, -0.25) is 14.4 Å². The molecule has 2 saturated heterocycles. The zero-order chi connectivity index (χ0) is 16.5. The van der Waals surface area contributed by atoms with Gasteiger partial charge in [0.05, 0.1) is 18.2 Å². The number of primary amides is 1. The third kappa shape index (κ3) is 3.22. The first-order valence-electron chi connectivity index (χ1n) is 9.37. The molecule has 4 rings (SSSR count). The number of aromatic nitrogens is 2. The van der Waals surface area contributed by atoms with E-state index in [0.717, 1.165) is 39.0 Å². The van der Waals surface area contributed by atoms with Crippen molar-refractivity contribution in [2.45, 2.75) is 57.7 Å². The average Bonchev–Trinajstić information content (AvgIpc) is 3.27. The van der Waals surface area contributed by atoms with Gasteiger partial charge in [-0.1, -0.05) is 0 Å². The van der Waals surface area contributed by atoms with Gasteiger partial charge in [0, 0.05) is 31.0 Å². The van der Waals surface area contributed by atoms with Crippen LogP contribution in [0.1, 0.15) is 43.4 Å². The minimum atomic E-state index is -0.190. The van der Waals surface area contributed by atoms with Crippen LogP contribution < -0.4 is 5.73 Å². The van der Waals surface area contributed by atoms with Crippen molar-refractivity contribution < 1.29 is 9.53 Å². The van der Waals surface area contributed by atoms with Crippen LogP contribution >= 0.6 is 0 Å². The van der Waals surface area contributed by atoms with E-state index >= 15 is 0 Å². The molecule has 2 atom stereocenters. The number of ether oxygens (including phenoxy) is 1. The van der Waals surface area contributed by atoms with Gasteiger partial charge >= 0.3 is 0 Å². The molecule has 132 valence electrons. The number of aryl methyl sites for hydroxylation is 1. The first-order chi connectivity index (χ1) is 11.7. The molecule has 6 heteroatoms. The molecule has 0 aliphatic carbocycles. The molecule has 1 aromatic rings. The van der Waals surface area contributed by atoms with Crippen molar-refractivity contribution in [1.82, 2.24) is 14.7 Å². The second-order valence-electron chi connectivity index (χ2n) is 7.61. The maximum absolute atomic E-state index is 11.5. The number of likely N-dealkylation sites (tertiary alicyclic amines) is 1. The number of nitrogens with two attached hydrogens (primary N) is 1. The summed E-state index contributed by atoms with van der Waals surface area (Å²) in [6.45, 7) is 5.06. The van der Waals surface area contributed by atoms with Gasteiger partial charge in [-0.05, 0) is 57.5 Å². The Morgan fingerprint density at radius 2 is 2.12 bits per heavy atom. The van der Waals surface area contributed by atoms with Gasteiger partial charge in [0.25, 0.3) is 0 Å². The Bertz CT molecular complexity index is 592. The van der Waals surface area contributed by atoms with E-state index in [1.54, 1.807) is 0 Å². The third-order valence-corrected chi connectivity index (χ3v) is 6.06. The maximum atomic E-state index is 11.5. The van der Waals surface area contributed by atoms with Crippen LogP contribution in [0.5, 0.6) is 0 Å². The van der Waals surface area contributed by atoms with Crippen LogP contribution in [0.15, 0.2) is 6.20 Å². The number of hydrogen-bond acceptors (Lipinski definition) is 4.